The van der Waals surface area contributed by atoms with Crippen LogP contribution in [0.4, 0.5) is 15.8 Å². The molecule has 5 nitrogen and oxygen atoms in total. The number of amides is 2. The highest BCUT2D eigenvalue weighted by atomic mass is 19.1. The molecule has 0 aliphatic heterocycles. The van der Waals surface area contributed by atoms with E-state index >= 15 is 0 Å². The zero-order valence-electron chi connectivity index (χ0n) is 14.3. The molecule has 0 spiro atoms. The van der Waals surface area contributed by atoms with E-state index in [2.05, 4.69) is 10.6 Å². The Morgan fingerprint density at radius 3 is 2.56 bits per heavy atom. The Morgan fingerprint density at radius 1 is 1.12 bits per heavy atom. The Morgan fingerprint density at radius 2 is 1.88 bits per heavy atom. The minimum Gasteiger partial charge on any atom is -0.494 e. The maximum absolute atomic E-state index is 13.7. The number of carbonyl (C=O) groups excluding carboxylic acids is 2. The molecule has 132 valence electrons. The molecule has 0 unspecified atom stereocenters. The third-order valence-electron chi connectivity index (χ3n) is 3.61. The molecule has 2 aromatic carbocycles. The molecule has 0 saturated carbocycles. The molecule has 2 rings (SSSR count). The molecule has 0 heterocycles. The van der Waals surface area contributed by atoms with Gasteiger partial charge in [-0.15, -0.1) is 0 Å². The lowest BCUT2D eigenvalue weighted by Gasteiger charge is -2.13. The summed E-state index contributed by atoms with van der Waals surface area (Å²) in [5, 5.41) is 5.40. The van der Waals surface area contributed by atoms with Crippen LogP contribution in [0.2, 0.25) is 0 Å². The summed E-state index contributed by atoms with van der Waals surface area (Å²) in [6.07, 6.45) is 2.18. The van der Waals surface area contributed by atoms with Gasteiger partial charge in [0.2, 0.25) is 5.91 Å². The van der Waals surface area contributed by atoms with Crippen molar-refractivity contribution in [3.05, 3.63) is 53.8 Å². The fourth-order valence-corrected chi connectivity index (χ4v) is 2.27. The van der Waals surface area contributed by atoms with Gasteiger partial charge in [-0.2, -0.15) is 0 Å². The number of anilines is 2. The molecule has 25 heavy (non-hydrogen) atoms. The summed E-state index contributed by atoms with van der Waals surface area (Å²) < 4.78 is 18.9. The number of unbranched alkanes of at least 4 members (excludes halogenated alkanes) is 1. The van der Waals surface area contributed by atoms with Crippen LogP contribution in [0.1, 0.15) is 36.5 Å². The summed E-state index contributed by atoms with van der Waals surface area (Å²) in [5.74, 6) is -0.828. The molecule has 0 aliphatic rings. The topological polar surface area (TPSA) is 67.4 Å². The molecule has 0 saturated heterocycles. The van der Waals surface area contributed by atoms with E-state index in [4.69, 9.17) is 4.74 Å². The van der Waals surface area contributed by atoms with E-state index in [1.807, 2.05) is 6.92 Å². The van der Waals surface area contributed by atoms with Gasteiger partial charge in [-0.25, -0.2) is 4.39 Å². The van der Waals surface area contributed by atoms with Gasteiger partial charge in [0.05, 0.1) is 18.4 Å². The second kappa shape index (κ2) is 8.82. The standard InChI is InChI=1S/C19H21FN2O3/c1-3-4-9-18(23)22-16-11-10-13(12-17(16)25-2)21-19(24)14-7-5-6-8-15(14)20/h5-8,10-12H,3-4,9H2,1-2H3,(H,21,24)(H,22,23). The zero-order valence-corrected chi connectivity index (χ0v) is 14.3. The van der Waals surface area contributed by atoms with Gasteiger partial charge in [0, 0.05) is 18.2 Å². The maximum atomic E-state index is 13.7. The van der Waals surface area contributed by atoms with E-state index in [1.54, 1.807) is 24.3 Å². The quantitative estimate of drug-likeness (QED) is 0.790. The number of carbonyl (C=O) groups is 2. The summed E-state index contributed by atoms with van der Waals surface area (Å²) in [5.41, 5.74) is 0.919. The number of halogens is 1. The van der Waals surface area contributed by atoms with Crippen LogP contribution >= 0.6 is 0 Å². The largest absolute Gasteiger partial charge is 0.494 e. The van der Waals surface area contributed by atoms with Gasteiger partial charge in [0.1, 0.15) is 11.6 Å². The molecule has 2 aromatic rings. The van der Waals surface area contributed by atoms with Crippen LogP contribution in [0.5, 0.6) is 5.75 Å². The first-order valence-electron chi connectivity index (χ1n) is 8.09. The lowest BCUT2D eigenvalue weighted by molar-refractivity contribution is -0.116. The van der Waals surface area contributed by atoms with E-state index in [-0.39, 0.29) is 11.5 Å². The van der Waals surface area contributed by atoms with Gasteiger partial charge >= 0.3 is 0 Å². The molecule has 6 heteroatoms. The smallest absolute Gasteiger partial charge is 0.258 e. The van der Waals surface area contributed by atoms with Crippen molar-refractivity contribution in [2.45, 2.75) is 26.2 Å². The highest BCUT2D eigenvalue weighted by Crippen LogP contribution is 2.28. The van der Waals surface area contributed by atoms with E-state index in [0.717, 1.165) is 12.8 Å². The average Bonchev–Trinajstić information content (AvgIpc) is 2.61. The van der Waals surface area contributed by atoms with Crippen LogP contribution in [0.3, 0.4) is 0 Å². The average molecular weight is 344 g/mol. The van der Waals surface area contributed by atoms with Crippen LogP contribution in [0.25, 0.3) is 0 Å². The third-order valence-corrected chi connectivity index (χ3v) is 3.61. The van der Waals surface area contributed by atoms with Crippen molar-refractivity contribution in [3.63, 3.8) is 0 Å². The number of hydrogen-bond donors (Lipinski definition) is 2. The van der Waals surface area contributed by atoms with Crippen LogP contribution < -0.4 is 15.4 Å². The van der Waals surface area contributed by atoms with Gasteiger partial charge in [-0.05, 0) is 30.7 Å². The second-order valence-corrected chi connectivity index (χ2v) is 5.50. The highest BCUT2D eigenvalue weighted by molar-refractivity contribution is 6.04. The Hall–Kier alpha value is -2.89. The first-order valence-corrected chi connectivity index (χ1v) is 8.09. The molecule has 2 amide bonds. The monoisotopic (exact) mass is 344 g/mol. The molecule has 0 fully saturated rings. The zero-order chi connectivity index (χ0) is 18.2. The number of benzene rings is 2. The maximum Gasteiger partial charge on any atom is 0.258 e. The number of ether oxygens (including phenoxy) is 1. The molecule has 0 aromatic heterocycles. The van der Waals surface area contributed by atoms with E-state index in [0.29, 0.717) is 23.5 Å². The fraction of sp³-hybridized carbons (Fsp3) is 0.263. The molecular weight excluding hydrogens is 323 g/mol. The second-order valence-electron chi connectivity index (χ2n) is 5.50. The molecule has 0 radical (unpaired) electrons. The van der Waals surface area contributed by atoms with Crippen LogP contribution in [0, 0.1) is 5.82 Å². The molecule has 0 atom stereocenters. The molecular formula is C19H21FN2O3. The van der Waals surface area contributed by atoms with Crippen molar-refractivity contribution < 1.29 is 18.7 Å². The number of rotatable bonds is 7. The highest BCUT2D eigenvalue weighted by Gasteiger charge is 2.13. The molecule has 2 N–H and O–H groups in total. The van der Waals surface area contributed by atoms with Crippen LogP contribution in [-0.2, 0) is 4.79 Å². The third kappa shape index (κ3) is 5.04. The fourth-order valence-electron chi connectivity index (χ4n) is 2.27. The minimum atomic E-state index is -0.591. The van der Waals surface area contributed by atoms with Gasteiger partial charge < -0.3 is 15.4 Å². The Balaban J connectivity index is 2.11. The van der Waals surface area contributed by atoms with E-state index in [1.165, 1.54) is 25.3 Å². The Bertz CT molecular complexity index is 762. The predicted octanol–water partition coefficient (Wildman–Crippen LogP) is 4.22. The summed E-state index contributed by atoms with van der Waals surface area (Å²) in [4.78, 5) is 24.0. The Kier molecular flexibility index (Phi) is 6.51. The summed E-state index contributed by atoms with van der Waals surface area (Å²) in [7, 11) is 1.47. The lowest BCUT2D eigenvalue weighted by atomic mass is 10.2. The molecule has 0 aliphatic carbocycles. The lowest BCUT2D eigenvalue weighted by Crippen LogP contribution is -2.14. The first kappa shape index (κ1) is 18.4. The van der Waals surface area contributed by atoms with Gasteiger partial charge in [-0.1, -0.05) is 25.5 Å². The van der Waals surface area contributed by atoms with E-state index < -0.39 is 11.7 Å². The number of nitrogens with one attached hydrogen (secondary N) is 2. The van der Waals surface area contributed by atoms with Crippen molar-refractivity contribution in [2.75, 3.05) is 17.7 Å². The van der Waals surface area contributed by atoms with Gasteiger partial charge in [0.15, 0.2) is 0 Å². The predicted molar refractivity (Wildman–Crippen MR) is 95.5 cm³/mol. The van der Waals surface area contributed by atoms with Crippen molar-refractivity contribution >= 4 is 23.2 Å². The number of methoxy groups -OCH3 is 1. The molecule has 0 bridgehead atoms. The summed E-state index contributed by atoms with van der Waals surface area (Å²) in [6.45, 7) is 2.01. The van der Waals surface area contributed by atoms with Gasteiger partial charge in [-0.3, -0.25) is 9.59 Å². The van der Waals surface area contributed by atoms with Crippen molar-refractivity contribution in [1.82, 2.24) is 0 Å². The van der Waals surface area contributed by atoms with Crippen LogP contribution in [-0.4, -0.2) is 18.9 Å². The van der Waals surface area contributed by atoms with Crippen molar-refractivity contribution in [2.24, 2.45) is 0 Å². The van der Waals surface area contributed by atoms with E-state index in [9.17, 15) is 14.0 Å². The van der Waals surface area contributed by atoms with Crippen molar-refractivity contribution in [1.29, 1.82) is 0 Å². The van der Waals surface area contributed by atoms with Gasteiger partial charge in [0.25, 0.3) is 5.91 Å². The summed E-state index contributed by atoms with van der Waals surface area (Å²) >= 11 is 0. The minimum absolute atomic E-state index is 0.0431. The first-order chi connectivity index (χ1) is 12.0. The Labute approximate surface area is 146 Å². The van der Waals surface area contributed by atoms with Crippen molar-refractivity contribution in [3.8, 4) is 5.75 Å². The normalized spacial score (nSPS) is 10.2. The SMILES string of the molecule is CCCCC(=O)Nc1ccc(NC(=O)c2ccccc2F)cc1OC. The number of hydrogen-bond acceptors (Lipinski definition) is 3. The van der Waals surface area contributed by atoms with Crippen LogP contribution in [0.15, 0.2) is 42.5 Å². The summed E-state index contributed by atoms with van der Waals surface area (Å²) in [6, 6.07) is 10.6.